The Morgan fingerprint density at radius 2 is 1.76 bits per heavy atom. The summed E-state index contributed by atoms with van der Waals surface area (Å²) in [5, 5.41) is 0. The van der Waals surface area contributed by atoms with Crippen LogP contribution in [0.1, 0.15) is 16.7 Å². The van der Waals surface area contributed by atoms with Crippen molar-refractivity contribution >= 4 is 6.29 Å². The molecule has 0 aromatic heterocycles. The zero-order valence-electron chi connectivity index (χ0n) is 10.2. The van der Waals surface area contributed by atoms with Crippen LogP contribution in [0.25, 0.3) is 11.1 Å². The van der Waals surface area contributed by atoms with Gasteiger partial charge in [0, 0.05) is 6.42 Å². The maximum absolute atomic E-state index is 10.7. The van der Waals surface area contributed by atoms with E-state index in [9.17, 15) is 4.79 Å². The quantitative estimate of drug-likeness (QED) is 0.726. The number of hydrogen-bond donors (Lipinski definition) is 0. The number of carbonyl (C=O) groups is 1. The summed E-state index contributed by atoms with van der Waals surface area (Å²) in [7, 11) is 0. The van der Waals surface area contributed by atoms with Crippen molar-refractivity contribution < 1.29 is 4.79 Å². The van der Waals surface area contributed by atoms with Crippen molar-refractivity contribution in [2.45, 2.75) is 20.3 Å². The summed E-state index contributed by atoms with van der Waals surface area (Å²) in [6.07, 6.45) is 1.44. The first-order valence-electron chi connectivity index (χ1n) is 5.81. The Kier molecular flexibility index (Phi) is 3.38. The van der Waals surface area contributed by atoms with Crippen LogP contribution in [0.15, 0.2) is 42.5 Å². The highest BCUT2D eigenvalue weighted by Crippen LogP contribution is 2.25. The van der Waals surface area contributed by atoms with Gasteiger partial charge in [0.05, 0.1) is 0 Å². The molecule has 1 nitrogen and oxygen atoms in total. The van der Waals surface area contributed by atoms with Gasteiger partial charge in [-0.3, -0.25) is 0 Å². The van der Waals surface area contributed by atoms with Crippen molar-refractivity contribution in [1.29, 1.82) is 0 Å². The Morgan fingerprint density at radius 1 is 1.00 bits per heavy atom. The van der Waals surface area contributed by atoms with E-state index in [0.29, 0.717) is 6.42 Å². The van der Waals surface area contributed by atoms with E-state index in [-0.39, 0.29) is 0 Å². The van der Waals surface area contributed by atoms with Gasteiger partial charge in [-0.15, -0.1) is 0 Å². The summed E-state index contributed by atoms with van der Waals surface area (Å²) in [4.78, 5) is 10.7. The average Bonchev–Trinajstić information content (AvgIpc) is 2.32. The molecule has 2 rings (SSSR count). The van der Waals surface area contributed by atoms with E-state index < -0.39 is 0 Å². The Morgan fingerprint density at radius 3 is 2.47 bits per heavy atom. The fourth-order valence-electron chi connectivity index (χ4n) is 2.04. The molecular formula is C16H16O. The Labute approximate surface area is 102 Å². The fourth-order valence-corrected chi connectivity index (χ4v) is 2.04. The molecule has 0 aliphatic heterocycles. The number of aryl methyl sites for hydroxylation is 2. The smallest absolute Gasteiger partial charge is 0.124 e. The first-order chi connectivity index (χ1) is 8.20. The number of carbonyl (C=O) groups excluding carboxylic acids is 1. The van der Waals surface area contributed by atoms with E-state index in [1.807, 2.05) is 6.07 Å². The molecule has 0 N–H and O–H groups in total. The van der Waals surface area contributed by atoms with Crippen LogP contribution in [0.4, 0.5) is 0 Å². The van der Waals surface area contributed by atoms with Crippen LogP contribution in [0.5, 0.6) is 0 Å². The summed E-state index contributed by atoms with van der Waals surface area (Å²) in [5.41, 5.74) is 5.90. The van der Waals surface area contributed by atoms with Crippen molar-refractivity contribution in [2.24, 2.45) is 0 Å². The minimum absolute atomic E-state index is 0.476. The lowest BCUT2D eigenvalue weighted by molar-refractivity contribution is -0.107. The number of rotatable bonds is 3. The van der Waals surface area contributed by atoms with Gasteiger partial charge < -0.3 is 4.79 Å². The lowest BCUT2D eigenvalue weighted by Crippen LogP contribution is -1.92. The van der Waals surface area contributed by atoms with Gasteiger partial charge in [-0.05, 0) is 30.5 Å². The highest BCUT2D eigenvalue weighted by molar-refractivity contribution is 5.72. The highest BCUT2D eigenvalue weighted by atomic mass is 16.1. The first kappa shape index (κ1) is 11.6. The molecule has 0 spiro atoms. The standard InChI is InChI=1S/C16H16O/c1-12-4-3-5-15(10-12)16-11-13(2)6-7-14(16)8-9-17/h3-7,9-11H,8H2,1-2H3. The summed E-state index contributed by atoms with van der Waals surface area (Å²) in [6.45, 7) is 4.16. The van der Waals surface area contributed by atoms with Gasteiger partial charge in [0.1, 0.15) is 6.29 Å². The molecule has 0 saturated heterocycles. The van der Waals surface area contributed by atoms with Crippen LogP contribution in [0.2, 0.25) is 0 Å². The molecule has 0 saturated carbocycles. The van der Waals surface area contributed by atoms with Gasteiger partial charge >= 0.3 is 0 Å². The van der Waals surface area contributed by atoms with Crippen LogP contribution >= 0.6 is 0 Å². The molecule has 0 aliphatic rings. The SMILES string of the molecule is Cc1cccc(-c2cc(C)ccc2CC=O)c1. The van der Waals surface area contributed by atoms with E-state index in [0.717, 1.165) is 11.8 Å². The Bertz CT molecular complexity index is 541. The topological polar surface area (TPSA) is 17.1 Å². The molecule has 17 heavy (non-hydrogen) atoms. The number of benzene rings is 2. The largest absolute Gasteiger partial charge is 0.303 e. The van der Waals surface area contributed by atoms with Crippen molar-refractivity contribution in [3.05, 3.63) is 59.2 Å². The van der Waals surface area contributed by atoms with E-state index in [1.165, 1.54) is 22.3 Å². The van der Waals surface area contributed by atoms with Crippen LogP contribution in [0, 0.1) is 13.8 Å². The van der Waals surface area contributed by atoms with Crippen molar-refractivity contribution in [3.63, 3.8) is 0 Å². The second-order valence-electron chi connectivity index (χ2n) is 4.40. The Hall–Kier alpha value is -1.89. The molecule has 0 atom stereocenters. The maximum atomic E-state index is 10.7. The van der Waals surface area contributed by atoms with Crippen molar-refractivity contribution in [3.8, 4) is 11.1 Å². The molecule has 0 fully saturated rings. The molecule has 0 amide bonds. The lowest BCUT2D eigenvalue weighted by atomic mass is 9.95. The van der Waals surface area contributed by atoms with Gasteiger partial charge in [0.15, 0.2) is 0 Å². The van der Waals surface area contributed by atoms with Crippen LogP contribution in [-0.2, 0) is 11.2 Å². The van der Waals surface area contributed by atoms with Gasteiger partial charge in [0.25, 0.3) is 0 Å². The van der Waals surface area contributed by atoms with E-state index >= 15 is 0 Å². The third-order valence-electron chi connectivity index (χ3n) is 2.90. The van der Waals surface area contributed by atoms with Crippen molar-refractivity contribution in [2.75, 3.05) is 0 Å². The number of aldehydes is 1. The maximum Gasteiger partial charge on any atom is 0.124 e. The zero-order valence-corrected chi connectivity index (χ0v) is 10.2. The predicted molar refractivity (Wildman–Crippen MR) is 71.1 cm³/mol. The summed E-state index contributed by atoms with van der Waals surface area (Å²) >= 11 is 0. The molecule has 0 unspecified atom stereocenters. The van der Waals surface area contributed by atoms with Gasteiger partial charge in [0.2, 0.25) is 0 Å². The molecule has 86 valence electrons. The van der Waals surface area contributed by atoms with E-state index in [4.69, 9.17) is 0 Å². The first-order valence-corrected chi connectivity index (χ1v) is 5.81. The zero-order chi connectivity index (χ0) is 12.3. The second-order valence-corrected chi connectivity index (χ2v) is 4.40. The molecular weight excluding hydrogens is 208 g/mol. The van der Waals surface area contributed by atoms with Crippen LogP contribution in [-0.4, -0.2) is 6.29 Å². The molecule has 0 heterocycles. The Balaban J connectivity index is 2.56. The lowest BCUT2D eigenvalue weighted by Gasteiger charge is -2.09. The monoisotopic (exact) mass is 224 g/mol. The molecule has 0 aliphatic carbocycles. The molecule has 2 aromatic rings. The molecule has 0 bridgehead atoms. The third kappa shape index (κ3) is 2.62. The summed E-state index contributed by atoms with van der Waals surface area (Å²) in [6, 6.07) is 14.6. The normalized spacial score (nSPS) is 10.2. The minimum atomic E-state index is 0.476. The number of hydrogen-bond acceptors (Lipinski definition) is 1. The van der Waals surface area contributed by atoms with Crippen molar-refractivity contribution in [1.82, 2.24) is 0 Å². The summed E-state index contributed by atoms with van der Waals surface area (Å²) in [5.74, 6) is 0. The molecule has 0 radical (unpaired) electrons. The highest BCUT2D eigenvalue weighted by Gasteiger charge is 2.05. The average molecular weight is 224 g/mol. The van der Waals surface area contributed by atoms with Crippen LogP contribution < -0.4 is 0 Å². The van der Waals surface area contributed by atoms with E-state index in [1.54, 1.807) is 0 Å². The fraction of sp³-hybridized carbons (Fsp3) is 0.188. The van der Waals surface area contributed by atoms with Gasteiger partial charge in [-0.25, -0.2) is 0 Å². The second kappa shape index (κ2) is 4.96. The van der Waals surface area contributed by atoms with E-state index in [2.05, 4.69) is 50.2 Å². The van der Waals surface area contributed by atoms with Gasteiger partial charge in [-0.1, -0.05) is 53.6 Å². The third-order valence-corrected chi connectivity index (χ3v) is 2.90. The molecule has 2 aromatic carbocycles. The van der Waals surface area contributed by atoms with Gasteiger partial charge in [-0.2, -0.15) is 0 Å². The minimum Gasteiger partial charge on any atom is -0.303 e. The predicted octanol–water partition coefficient (Wildman–Crippen LogP) is 3.71. The van der Waals surface area contributed by atoms with Crippen LogP contribution in [0.3, 0.4) is 0 Å². The summed E-state index contributed by atoms with van der Waals surface area (Å²) < 4.78 is 0. The molecule has 1 heteroatoms.